The topological polar surface area (TPSA) is 694 Å². The minimum absolute atomic E-state index is 0.0809. The summed E-state index contributed by atoms with van der Waals surface area (Å²) in [7, 11) is 3.55. The first-order valence-electron chi connectivity index (χ1n) is 43.9. The number of amides is 16. The van der Waals surface area contributed by atoms with Crippen LogP contribution in [0.1, 0.15) is 120 Å². The van der Waals surface area contributed by atoms with Gasteiger partial charge in [0, 0.05) is 138 Å². The van der Waals surface area contributed by atoms with Crippen LogP contribution in [0.25, 0.3) is 21.8 Å². The summed E-state index contributed by atoms with van der Waals surface area (Å²) in [5, 5.41) is 66.2. The average Bonchev–Trinajstić information content (AvgIpc) is 1.66. The molecule has 0 bridgehead atoms. The number of aromatic nitrogens is 4. The van der Waals surface area contributed by atoms with Gasteiger partial charge in [0.25, 0.3) is 0 Å². The molecule has 15 atom stereocenters. The smallest absolute Gasteiger partial charge is 0.303 e. The molecule has 0 spiro atoms. The number of phenols is 1. The number of para-hydroxylation sites is 2. The molecule has 3 fully saturated rings. The number of Topliss-reactive ketones (excluding diaryl/α,β-unsaturated/α-hetero) is 1. The summed E-state index contributed by atoms with van der Waals surface area (Å²) in [6, 6.07) is -2.19. The number of carbonyl (C=O) groups is 19. The third-order valence-corrected chi connectivity index (χ3v) is 24.9. The first kappa shape index (κ1) is 104. The lowest BCUT2D eigenvalue weighted by atomic mass is 9.90. The number of aliphatic hydroxyl groups excluding tert-OH is 1. The molecule has 3 saturated heterocycles. The van der Waals surface area contributed by atoms with Crippen LogP contribution in [0, 0.1) is 5.92 Å². The fourth-order valence-corrected chi connectivity index (χ4v) is 17.3. The van der Waals surface area contributed by atoms with E-state index in [0.717, 1.165) is 24.5 Å². The molecule has 45 nitrogen and oxygen atoms in total. The van der Waals surface area contributed by atoms with Crippen LogP contribution in [0.4, 0.5) is 0 Å². The van der Waals surface area contributed by atoms with Gasteiger partial charge in [0.1, 0.15) is 78.3 Å². The molecule has 16 amide bonds. The Labute approximate surface area is 773 Å². The predicted molar refractivity (Wildman–Crippen MR) is 482 cm³/mol. The maximum Gasteiger partial charge on any atom is 0.303 e. The van der Waals surface area contributed by atoms with E-state index in [2.05, 4.69) is 67.8 Å². The van der Waals surface area contributed by atoms with E-state index in [1.54, 1.807) is 67.8 Å². The lowest BCUT2D eigenvalue weighted by Crippen LogP contribution is -2.61. The Hall–Kier alpha value is -13.9. The summed E-state index contributed by atoms with van der Waals surface area (Å²) in [4.78, 5) is 292. The second kappa shape index (κ2) is 49.0. The zero-order valence-corrected chi connectivity index (χ0v) is 75.6. The Morgan fingerprint density at radius 2 is 1.13 bits per heavy atom. The van der Waals surface area contributed by atoms with Crippen LogP contribution in [0.3, 0.4) is 0 Å². The van der Waals surface area contributed by atoms with E-state index in [1.807, 2.05) is 0 Å². The third kappa shape index (κ3) is 28.3. The first-order valence-corrected chi connectivity index (χ1v) is 45.1. The number of hydrogen-bond acceptors (Lipinski definition) is 25. The van der Waals surface area contributed by atoms with Crippen molar-refractivity contribution in [1.29, 1.82) is 0 Å². The number of unbranched alkanes of at least 4 members (excludes halogenated alkanes) is 1. The van der Waals surface area contributed by atoms with Crippen molar-refractivity contribution in [1.82, 2.24) is 92.3 Å². The van der Waals surface area contributed by atoms with Gasteiger partial charge in [-0.2, -0.15) is 0 Å². The normalized spacial score (nSPS) is 24.9. The predicted octanol–water partition coefficient (Wildman–Crippen LogP) is -4.29. The molecule has 0 unspecified atom stereocenters. The molecule has 24 N–H and O–H groups in total. The highest BCUT2D eigenvalue weighted by molar-refractivity contribution is 8.00. The summed E-state index contributed by atoms with van der Waals surface area (Å²) >= 11 is 0.715. The number of fused-ring (bicyclic) bond motifs is 4. The minimum Gasteiger partial charge on any atom is -0.508 e. The zero-order valence-electron chi connectivity index (χ0n) is 74.8. The van der Waals surface area contributed by atoms with Crippen molar-refractivity contribution in [3.05, 3.63) is 120 Å². The Bertz CT molecular complexity index is 5260. The van der Waals surface area contributed by atoms with Crippen molar-refractivity contribution < 1.29 is 112 Å². The highest BCUT2D eigenvalue weighted by atomic mass is 32.2. The number of imidazole rings is 1. The standard InChI is InChI=1S/C88H118N22O23S/c1-6-7-17-66-82(127)104-64(37-90)81(126)105-65(78(123)96-41-72(92)115)43-134-44-73(116)98-61(30-47-19-21-52(111)22-20-47)84(129)106(3)46(2)76(121)102-63(36-71(91)114)87(132)109-29-12-18-67(109)83(128)101-60(34-51-40-93-45-97-51)80(125)100-59(23-25-74(117)118)86(131)110-42-53(112)35-69(110)70(113)33-48(31-49-38-94-56-15-10-8-13-54(49)56)77(122)99-58(27-28-89)79(124)103-62(32-50-39-95-57-16-11-9-14-55(50)57)85(130)108(5)68(24-26-75(119)120)88(133)107(66)4/h8-11,13-16,19-22,38-40,45-46,48,53,58-69,94-95,111-112H,6-7,12,17-18,23-37,41-44,89-90H2,1-5H3,(H2,91,114)(H2,92,115)(H,93,97)(H,96,123)(H,98,116)(H,99,122)(H,100,125)(H,101,128)(H,102,121)(H,103,124)(H,104,127)(H,105,126)(H,117,118)(H,119,120)/t46-,48+,53+,58-,59-,60-,61-,62-,63-,64-,65-,66-,67-,68-,69-/m0/s1. The highest BCUT2D eigenvalue weighted by Crippen LogP contribution is 2.30. The fourth-order valence-electron chi connectivity index (χ4n) is 16.4. The van der Waals surface area contributed by atoms with E-state index >= 15 is 33.6 Å². The Balaban J connectivity index is 1.10. The SMILES string of the molecule is CCCC[C@H]1C(=O)N[C@@H](CN)C(=O)N[C@H](C(=O)NCC(N)=O)CSCC(=O)N[C@@H](Cc2ccc(O)cc2)C(=O)N(C)[C@@H](C)C(=O)N[C@@H](CC(N)=O)C(=O)N2CCC[C@H]2C(=O)N[C@@H](Cc2c[nH]cn2)C(=O)N[C@@H](CCC(=O)O)C(=O)N2C[C@H](O)C[C@H]2C(=O)C[C@@H](Cc2c[nH]c3ccccc23)C(=O)N[C@@H](CCN)C(=O)N[C@@H](Cc2c[nH]c3ccccc23)C(=O)N(C)[C@@H](CCC(=O)O)C(=O)N1C. The number of thioether (sulfide) groups is 1. The van der Waals surface area contributed by atoms with Gasteiger partial charge in [-0.3, -0.25) is 91.1 Å². The second-order valence-electron chi connectivity index (χ2n) is 33.5. The van der Waals surface area contributed by atoms with E-state index in [9.17, 15) is 78.0 Å². The molecule has 3 aromatic heterocycles. The first-order chi connectivity index (χ1) is 63.8. The molecule has 46 heteroatoms. The monoisotopic (exact) mass is 1880 g/mol. The van der Waals surface area contributed by atoms with Gasteiger partial charge in [-0.1, -0.05) is 68.3 Å². The molecule has 6 heterocycles. The largest absolute Gasteiger partial charge is 0.508 e. The van der Waals surface area contributed by atoms with E-state index < -0.39 is 285 Å². The number of benzene rings is 3. The number of carboxylic acid groups (broad SMARTS) is 2. The molecule has 0 radical (unpaired) electrons. The molecule has 3 aromatic carbocycles. The number of aliphatic carboxylic acids is 2. The van der Waals surface area contributed by atoms with Crippen LogP contribution in [-0.2, 0) is 117 Å². The van der Waals surface area contributed by atoms with Crippen molar-refractivity contribution in [2.75, 3.05) is 65.4 Å². The Morgan fingerprint density at radius 1 is 0.552 bits per heavy atom. The van der Waals surface area contributed by atoms with Crippen LogP contribution in [0.2, 0.25) is 0 Å². The number of primary amides is 2. The molecule has 134 heavy (non-hydrogen) atoms. The molecule has 3 aliphatic rings. The summed E-state index contributed by atoms with van der Waals surface area (Å²) in [5.41, 5.74) is 26.1. The lowest BCUT2D eigenvalue weighted by molar-refractivity contribution is -0.150. The van der Waals surface area contributed by atoms with Crippen molar-refractivity contribution >= 4 is 146 Å². The zero-order chi connectivity index (χ0) is 97.9. The van der Waals surface area contributed by atoms with Gasteiger partial charge >= 0.3 is 11.9 Å². The van der Waals surface area contributed by atoms with Gasteiger partial charge in [0.2, 0.25) is 94.5 Å². The number of phenolic OH excluding ortho intramolecular Hbond substituents is 1. The quantitative estimate of drug-likeness (QED) is 0.0258. The van der Waals surface area contributed by atoms with Crippen LogP contribution >= 0.6 is 11.8 Å². The van der Waals surface area contributed by atoms with E-state index in [4.69, 9.17) is 22.9 Å². The Kier molecular flexibility index (Phi) is 38.0. The molecule has 3 aliphatic heterocycles. The number of H-pyrrole nitrogens is 3. The van der Waals surface area contributed by atoms with Crippen molar-refractivity contribution in [3.8, 4) is 5.75 Å². The maximum absolute atomic E-state index is 15.7. The van der Waals surface area contributed by atoms with Crippen molar-refractivity contribution in [2.45, 2.75) is 208 Å². The number of aliphatic hydroxyl groups is 1. The van der Waals surface area contributed by atoms with E-state index in [-0.39, 0.29) is 75.9 Å². The molecular weight excluding hydrogens is 1770 g/mol. The van der Waals surface area contributed by atoms with Crippen LogP contribution in [0.15, 0.2) is 97.7 Å². The van der Waals surface area contributed by atoms with Gasteiger partial charge in [-0.25, -0.2) is 4.98 Å². The summed E-state index contributed by atoms with van der Waals surface area (Å²) in [5.74, 6) is -22.7. The van der Waals surface area contributed by atoms with E-state index in [1.165, 1.54) is 64.9 Å². The van der Waals surface area contributed by atoms with Crippen LogP contribution < -0.4 is 70.8 Å². The number of rotatable bonds is 25. The maximum atomic E-state index is 15.7. The van der Waals surface area contributed by atoms with Gasteiger partial charge in [0.05, 0.1) is 42.9 Å². The number of aromatic hydroxyl groups is 1. The fraction of sp³-hybridized carbons (Fsp3) is 0.500. The molecular formula is C88H118N22O23S. The molecule has 0 saturated carbocycles. The molecule has 9 rings (SSSR count). The van der Waals surface area contributed by atoms with Crippen molar-refractivity contribution in [2.24, 2.45) is 28.9 Å². The average molecular weight is 1880 g/mol. The minimum atomic E-state index is -1.84. The molecule has 0 aliphatic carbocycles. The summed E-state index contributed by atoms with van der Waals surface area (Å²) in [6.45, 7) is 0.536. The highest BCUT2D eigenvalue weighted by Gasteiger charge is 2.47. The summed E-state index contributed by atoms with van der Waals surface area (Å²) in [6.07, 6.45) is -1.56. The Morgan fingerprint density at radius 3 is 1.75 bits per heavy atom. The van der Waals surface area contributed by atoms with Gasteiger partial charge < -0.3 is 131 Å². The number of nitrogens with two attached hydrogens (primary N) is 4. The number of aromatic amines is 3. The molecule has 6 aromatic rings. The number of nitrogens with one attached hydrogen (secondary N) is 12. The molecule has 724 valence electrons. The number of hydrogen-bond donors (Lipinski definition) is 20. The third-order valence-electron chi connectivity index (χ3n) is 23.9. The summed E-state index contributed by atoms with van der Waals surface area (Å²) < 4.78 is 0. The van der Waals surface area contributed by atoms with Gasteiger partial charge in [0.15, 0.2) is 5.78 Å². The number of carboxylic acids is 2. The number of ketones is 1. The van der Waals surface area contributed by atoms with Crippen LogP contribution in [-0.4, -0.2) is 327 Å². The van der Waals surface area contributed by atoms with Gasteiger partial charge in [-0.15, -0.1) is 11.8 Å². The van der Waals surface area contributed by atoms with E-state index in [0.29, 0.717) is 56.7 Å². The second-order valence-corrected chi connectivity index (χ2v) is 34.5. The van der Waals surface area contributed by atoms with Crippen molar-refractivity contribution in [3.63, 3.8) is 0 Å². The number of likely N-dealkylation sites (N-methyl/N-ethyl adjacent to an activating group) is 3. The van der Waals surface area contributed by atoms with Gasteiger partial charge in [-0.05, 0) is 99.4 Å². The van der Waals surface area contributed by atoms with Crippen LogP contribution in [0.5, 0.6) is 5.75 Å². The number of nitrogens with zero attached hydrogens (tertiary/aromatic N) is 6. The lowest BCUT2D eigenvalue weighted by Gasteiger charge is -2.36. The number of carbonyl (C=O) groups excluding carboxylic acids is 17.